The normalized spacial score (nSPS) is 13.7. The Bertz CT molecular complexity index is 272. The van der Waals surface area contributed by atoms with Gasteiger partial charge in [-0.25, -0.2) is 0 Å². The number of aliphatic carboxylic acids is 1. The van der Waals surface area contributed by atoms with Crippen LogP contribution >= 0.6 is 11.8 Å². The molecule has 0 saturated carbocycles. The Kier molecular flexibility index (Phi) is 6.63. The predicted molar refractivity (Wildman–Crippen MR) is 60.6 cm³/mol. The van der Waals surface area contributed by atoms with Gasteiger partial charge < -0.3 is 10.4 Å². The summed E-state index contributed by atoms with van der Waals surface area (Å²) in [4.78, 5) is 22.1. The molecule has 0 saturated heterocycles. The van der Waals surface area contributed by atoms with Crippen LogP contribution in [0.25, 0.3) is 0 Å². The van der Waals surface area contributed by atoms with Crippen LogP contribution in [0.4, 0.5) is 0 Å². The maximum atomic E-state index is 11.4. The van der Waals surface area contributed by atoms with Gasteiger partial charge in [0.05, 0.1) is 11.8 Å². The van der Waals surface area contributed by atoms with E-state index in [1.807, 2.05) is 0 Å². The fourth-order valence-corrected chi connectivity index (χ4v) is 1.93. The van der Waals surface area contributed by atoms with Crippen molar-refractivity contribution in [2.45, 2.75) is 30.8 Å². The monoisotopic (exact) mass is 229 g/mol. The Hall–Kier alpha value is -1.15. The van der Waals surface area contributed by atoms with Crippen molar-refractivity contribution in [1.82, 2.24) is 5.32 Å². The first-order chi connectivity index (χ1) is 7.02. The molecule has 0 aromatic rings. The minimum atomic E-state index is -0.890. The molecule has 0 aromatic carbocycles. The van der Waals surface area contributed by atoms with Gasteiger partial charge >= 0.3 is 5.97 Å². The Morgan fingerprint density at radius 1 is 1.60 bits per heavy atom. The molecular formula is C10H15NO3S. The molecule has 84 valence electrons. The molecule has 2 N–H and O–H groups in total. The van der Waals surface area contributed by atoms with Gasteiger partial charge in [0.15, 0.2) is 0 Å². The minimum absolute atomic E-state index is 0.174. The molecule has 0 radical (unpaired) electrons. The van der Waals surface area contributed by atoms with E-state index in [4.69, 9.17) is 11.5 Å². The second-order valence-corrected chi connectivity index (χ2v) is 4.48. The summed E-state index contributed by atoms with van der Waals surface area (Å²) in [5.41, 5.74) is 0. The van der Waals surface area contributed by atoms with Gasteiger partial charge in [-0.05, 0) is 13.3 Å². The second kappa shape index (κ2) is 7.18. The third-order valence-corrected chi connectivity index (χ3v) is 3.23. The second-order valence-electron chi connectivity index (χ2n) is 2.94. The number of hydrogen-bond acceptors (Lipinski definition) is 3. The third kappa shape index (κ3) is 5.33. The van der Waals surface area contributed by atoms with Crippen LogP contribution in [0.5, 0.6) is 0 Å². The lowest BCUT2D eigenvalue weighted by molar-refractivity contribution is -0.136. The zero-order chi connectivity index (χ0) is 11.8. The van der Waals surface area contributed by atoms with E-state index < -0.39 is 16.5 Å². The van der Waals surface area contributed by atoms with Crippen molar-refractivity contribution in [3.63, 3.8) is 0 Å². The Balaban J connectivity index is 4.11. The van der Waals surface area contributed by atoms with Crippen LogP contribution < -0.4 is 5.32 Å². The van der Waals surface area contributed by atoms with Crippen molar-refractivity contribution in [1.29, 1.82) is 0 Å². The van der Waals surface area contributed by atoms with E-state index in [-0.39, 0.29) is 12.5 Å². The number of carboxylic acid groups (broad SMARTS) is 1. The molecule has 0 aromatic heterocycles. The van der Waals surface area contributed by atoms with E-state index in [1.165, 1.54) is 0 Å². The van der Waals surface area contributed by atoms with E-state index in [9.17, 15) is 9.59 Å². The Labute approximate surface area is 93.8 Å². The van der Waals surface area contributed by atoms with Crippen molar-refractivity contribution in [2.75, 3.05) is 6.54 Å². The number of carbonyl (C=O) groups excluding carboxylic acids is 1. The van der Waals surface area contributed by atoms with Crippen molar-refractivity contribution < 1.29 is 14.7 Å². The van der Waals surface area contributed by atoms with Crippen LogP contribution in [0.3, 0.4) is 0 Å². The summed E-state index contributed by atoms with van der Waals surface area (Å²) < 4.78 is 0. The third-order valence-electron chi connectivity index (χ3n) is 1.75. The highest BCUT2D eigenvalue weighted by Gasteiger charge is 2.22. The van der Waals surface area contributed by atoms with Crippen LogP contribution in [0, 0.1) is 12.3 Å². The molecule has 0 fully saturated rings. The number of carboxylic acids is 1. The van der Waals surface area contributed by atoms with E-state index >= 15 is 0 Å². The highest BCUT2D eigenvalue weighted by Crippen LogP contribution is 2.20. The molecule has 0 spiro atoms. The van der Waals surface area contributed by atoms with E-state index in [0.717, 1.165) is 11.8 Å². The average Bonchev–Trinajstić information content (AvgIpc) is 2.21. The van der Waals surface area contributed by atoms with Gasteiger partial charge in [-0.1, -0.05) is 12.8 Å². The highest BCUT2D eigenvalue weighted by atomic mass is 32.2. The molecule has 0 aliphatic heterocycles. The molecule has 0 rings (SSSR count). The van der Waals surface area contributed by atoms with Crippen molar-refractivity contribution >= 4 is 23.6 Å². The molecule has 15 heavy (non-hydrogen) atoms. The molecule has 0 bridgehead atoms. The van der Waals surface area contributed by atoms with Crippen LogP contribution in [-0.2, 0) is 9.59 Å². The maximum absolute atomic E-state index is 11.4. The highest BCUT2D eigenvalue weighted by molar-refractivity contribution is 8.01. The molecular weight excluding hydrogens is 214 g/mol. The zero-order valence-electron chi connectivity index (χ0n) is 8.82. The molecule has 0 aliphatic rings. The number of rotatable bonds is 6. The van der Waals surface area contributed by atoms with Gasteiger partial charge in [0.2, 0.25) is 5.91 Å². The average molecular weight is 229 g/mol. The zero-order valence-corrected chi connectivity index (χ0v) is 9.63. The number of terminal acetylenes is 1. The lowest BCUT2D eigenvalue weighted by Crippen LogP contribution is -2.33. The van der Waals surface area contributed by atoms with Gasteiger partial charge in [0.25, 0.3) is 0 Å². The molecule has 1 amide bonds. The van der Waals surface area contributed by atoms with Gasteiger partial charge in [0, 0.05) is 0 Å². The van der Waals surface area contributed by atoms with Crippen LogP contribution in [-0.4, -0.2) is 34.0 Å². The first-order valence-electron chi connectivity index (χ1n) is 4.62. The number of thioether (sulfide) groups is 1. The Morgan fingerprint density at radius 3 is 2.60 bits per heavy atom. The molecule has 0 aliphatic carbocycles. The number of hydrogen-bond donors (Lipinski definition) is 2. The summed E-state index contributed by atoms with van der Waals surface area (Å²) in [5, 5.41) is 10.4. The summed E-state index contributed by atoms with van der Waals surface area (Å²) in [6, 6.07) is 0. The number of carbonyl (C=O) groups is 2. The van der Waals surface area contributed by atoms with Gasteiger partial charge in [-0.3, -0.25) is 9.59 Å². The molecule has 2 atom stereocenters. The largest absolute Gasteiger partial charge is 0.480 e. The molecule has 0 heterocycles. The Morgan fingerprint density at radius 2 is 2.20 bits per heavy atom. The summed E-state index contributed by atoms with van der Waals surface area (Å²) >= 11 is 1.13. The smallest absolute Gasteiger partial charge is 0.316 e. The fraction of sp³-hybridized carbons (Fsp3) is 0.600. The lowest BCUT2D eigenvalue weighted by Gasteiger charge is -2.15. The van der Waals surface area contributed by atoms with Crippen LogP contribution in [0.1, 0.15) is 20.3 Å². The topological polar surface area (TPSA) is 66.4 Å². The quantitative estimate of drug-likeness (QED) is 0.659. The van der Waals surface area contributed by atoms with Crippen LogP contribution in [0.2, 0.25) is 0 Å². The standard InChI is InChI=1S/C10H15NO3S/c1-4-6-11-9(12)7(3)15-8(5-2)10(13)14/h1,7-8H,5-6H2,2-3H3,(H,11,12)(H,13,14). The molecule has 5 heteroatoms. The lowest BCUT2D eigenvalue weighted by atomic mass is 10.3. The summed E-state index contributed by atoms with van der Waals surface area (Å²) in [5.74, 6) is 1.17. The van der Waals surface area contributed by atoms with Gasteiger partial charge in [0.1, 0.15) is 5.25 Å². The number of nitrogens with one attached hydrogen (secondary N) is 1. The van der Waals surface area contributed by atoms with Gasteiger partial charge in [-0.15, -0.1) is 18.2 Å². The SMILES string of the molecule is C#CCNC(=O)C(C)SC(CC)C(=O)O. The van der Waals surface area contributed by atoms with Crippen molar-refractivity contribution in [3.05, 3.63) is 0 Å². The van der Waals surface area contributed by atoms with Crippen molar-refractivity contribution in [2.24, 2.45) is 0 Å². The molecule has 4 nitrogen and oxygen atoms in total. The van der Waals surface area contributed by atoms with Gasteiger partial charge in [-0.2, -0.15) is 0 Å². The number of amides is 1. The summed E-state index contributed by atoms with van der Waals surface area (Å²) in [6.07, 6.45) is 5.48. The minimum Gasteiger partial charge on any atom is -0.480 e. The van der Waals surface area contributed by atoms with E-state index in [2.05, 4.69) is 11.2 Å². The summed E-state index contributed by atoms with van der Waals surface area (Å²) in [6.45, 7) is 3.62. The molecule has 2 unspecified atom stereocenters. The van der Waals surface area contributed by atoms with Crippen LogP contribution in [0.15, 0.2) is 0 Å². The maximum Gasteiger partial charge on any atom is 0.316 e. The first-order valence-corrected chi connectivity index (χ1v) is 5.56. The predicted octanol–water partition coefficient (Wildman–Crippen LogP) is 0.721. The van der Waals surface area contributed by atoms with Crippen molar-refractivity contribution in [3.8, 4) is 12.3 Å². The van der Waals surface area contributed by atoms with E-state index in [0.29, 0.717) is 6.42 Å². The fourth-order valence-electron chi connectivity index (χ4n) is 0.919. The summed E-state index contributed by atoms with van der Waals surface area (Å²) in [7, 11) is 0. The first kappa shape index (κ1) is 13.8. The van der Waals surface area contributed by atoms with E-state index in [1.54, 1.807) is 13.8 Å².